The van der Waals surface area contributed by atoms with Crippen LogP contribution in [0.2, 0.25) is 0 Å². The molecule has 0 spiro atoms. The van der Waals surface area contributed by atoms with Gasteiger partial charge in [-0.2, -0.15) is 0 Å². The third kappa shape index (κ3) is 3.78. The topological polar surface area (TPSA) is 32.8 Å². The molecule has 4 heteroatoms. The molecule has 0 aromatic heterocycles. The van der Waals surface area contributed by atoms with Crippen LogP contribution in [0, 0.1) is 11.3 Å². The van der Waals surface area contributed by atoms with E-state index in [0.717, 1.165) is 39.3 Å². The third-order valence-electron chi connectivity index (χ3n) is 4.72. The molecular formula is C17H32N2O2. The van der Waals surface area contributed by atoms with Gasteiger partial charge in [-0.05, 0) is 33.1 Å². The number of rotatable bonds is 1. The Balaban J connectivity index is 2.04. The van der Waals surface area contributed by atoms with Gasteiger partial charge in [0.15, 0.2) is 0 Å². The second-order valence-electron chi connectivity index (χ2n) is 8.56. The fourth-order valence-corrected chi connectivity index (χ4v) is 3.61. The van der Waals surface area contributed by atoms with E-state index in [-0.39, 0.29) is 16.9 Å². The minimum atomic E-state index is -0.276. The Labute approximate surface area is 129 Å². The molecule has 2 unspecified atom stereocenters. The molecule has 1 amide bonds. The molecule has 0 aliphatic carbocycles. The van der Waals surface area contributed by atoms with Gasteiger partial charge in [-0.25, -0.2) is 0 Å². The second kappa shape index (κ2) is 5.88. The first-order chi connectivity index (χ1) is 9.60. The normalized spacial score (nSPS) is 29.0. The Kier molecular flexibility index (Phi) is 4.69. The van der Waals surface area contributed by atoms with Crippen LogP contribution in [0.4, 0.5) is 0 Å². The molecular weight excluding hydrogens is 264 g/mol. The minimum absolute atomic E-state index is 0.163. The van der Waals surface area contributed by atoms with Crippen LogP contribution in [0.1, 0.15) is 48.0 Å². The van der Waals surface area contributed by atoms with E-state index in [1.807, 2.05) is 20.8 Å². The van der Waals surface area contributed by atoms with Crippen molar-refractivity contribution < 1.29 is 9.53 Å². The maximum absolute atomic E-state index is 12.5. The zero-order chi connectivity index (χ0) is 15.8. The van der Waals surface area contributed by atoms with Crippen LogP contribution in [0.15, 0.2) is 0 Å². The summed E-state index contributed by atoms with van der Waals surface area (Å²) in [6, 6.07) is 0.441. The molecule has 2 aliphatic heterocycles. The maximum Gasteiger partial charge on any atom is 0.227 e. The van der Waals surface area contributed by atoms with Crippen molar-refractivity contribution in [1.29, 1.82) is 0 Å². The van der Waals surface area contributed by atoms with E-state index in [9.17, 15) is 4.79 Å². The molecule has 2 aliphatic rings. The second-order valence-corrected chi connectivity index (χ2v) is 8.56. The smallest absolute Gasteiger partial charge is 0.227 e. The van der Waals surface area contributed by atoms with E-state index in [1.165, 1.54) is 0 Å². The molecule has 0 aromatic rings. The number of hydrogen-bond acceptors (Lipinski definition) is 3. The van der Waals surface area contributed by atoms with Crippen molar-refractivity contribution in [1.82, 2.24) is 9.80 Å². The van der Waals surface area contributed by atoms with E-state index in [0.29, 0.717) is 12.0 Å². The molecule has 0 bridgehead atoms. The van der Waals surface area contributed by atoms with Crippen molar-refractivity contribution in [2.45, 2.75) is 59.5 Å². The highest BCUT2D eigenvalue weighted by Gasteiger charge is 2.41. The summed E-state index contributed by atoms with van der Waals surface area (Å²) in [6.07, 6.45) is 1.10. The number of amides is 1. The van der Waals surface area contributed by atoms with Crippen LogP contribution in [-0.4, -0.2) is 60.1 Å². The van der Waals surface area contributed by atoms with Crippen molar-refractivity contribution in [3.8, 4) is 0 Å². The van der Waals surface area contributed by atoms with E-state index in [4.69, 9.17) is 4.74 Å². The lowest BCUT2D eigenvalue weighted by atomic mass is 9.92. The summed E-state index contributed by atoms with van der Waals surface area (Å²) in [5.74, 6) is 0.819. The first-order valence-corrected chi connectivity index (χ1v) is 8.24. The molecule has 4 nitrogen and oxygen atoms in total. The van der Waals surface area contributed by atoms with Gasteiger partial charge in [0.1, 0.15) is 0 Å². The van der Waals surface area contributed by atoms with Gasteiger partial charge in [-0.15, -0.1) is 0 Å². The van der Waals surface area contributed by atoms with E-state index >= 15 is 0 Å². The molecule has 0 aromatic carbocycles. The first kappa shape index (κ1) is 16.8. The van der Waals surface area contributed by atoms with Gasteiger partial charge in [0.05, 0.1) is 13.2 Å². The predicted molar refractivity (Wildman–Crippen MR) is 85.2 cm³/mol. The summed E-state index contributed by atoms with van der Waals surface area (Å²) in [5, 5.41) is 0. The maximum atomic E-state index is 12.5. The lowest BCUT2D eigenvalue weighted by molar-refractivity contribution is -0.138. The van der Waals surface area contributed by atoms with Crippen molar-refractivity contribution >= 4 is 5.91 Å². The Morgan fingerprint density at radius 2 is 1.76 bits per heavy atom. The monoisotopic (exact) mass is 296 g/mol. The van der Waals surface area contributed by atoms with Gasteiger partial charge in [-0.3, -0.25) is 9.69 Å². The van der Waals surface area contributed by atoms with Crippen LogP contribution in [0.25, 0.3) is 0 Å². The average molecular weight is 296 g/mol. The highest BCUT2D eigenvalue weighted by Crippen LogP contribution is 2.31. The number of carbonyl (C=O) groups is 1. The zero-order valence-corrected chi connectivity index (χ0v) is 14.6. The van der Waals surface area contributed by atoms with Crippen molar-refractivity contribution in [2.75, 3.05) is 32.8 Å². The summed E-state index contributed by atoms with van der Waals surface area (Å²) in [4.78, 5) is 17.1. The fraction of sp³-hybridized carbons (Fsp3) is 0.941. The van der Waals surface area contributed by atoms with Crippen molar-refractivity contribution in [2.24, 2.45) is 11.3 Å². The molecule has 122 valence electrons. The molecule has 2 heterocycles. The highest BCUT2D eigenvalue weighted by atomic mass is 16.5. The minimum Gasteiger partial charge on any atom is -0.378 e. The molecule has 0 radical (unpaired) electrons. The summed E-state index contributed by atoms with van der Waals surface area (Å²) in [5.41, 5.74) is -0.114. The van der Waals surface area contributed by atoms with Gasteiger partial charge in [0.2, 0.25) is 5.91 Å². The van der Waals surface area contributed by atoms with Crippen LogP contribution >= 0.6 is 0 Å². The zero-order valence-electron chi connectivity index (χ0n) is 14.6. The van der Waals surface area contributed by atoms with E-state index in [2.05, 4.69) is 30.6 Å². The van der Waals surface area contributed by atoms with Crippen molar-refractivity contribution in [3.05, 3.63) is 0 Å². The number of likely N-dealkylation sites (tertiary alicyclic amines) is 1. The molecule has 2 atom stereocenters. The van der Waals surface area contributed by atoms with Gasteiger partial charge >= 0.3 is 0 Å². The molecule has 0 saturated carbocycles. The van der Waals surface area contributed by atoms with E-state index < -0.39 is 0 Å². The standard InChI is InChI=1S/C17H32N2O2/c1-16(2,3)15(20)18-8-7-13(11-18)14-12-21-10-9-19(14)17(4,5)6/h13-14H,7-12H2,1-6H3. The Morgan fingerprint density at radius 1 is 1.10 bits per heavy atom. The summed E-state index contributed by atoms with van der Waals surface area (Å²) < 4.78 is 5.74. The van der Waals surface area contributed by atoms with Crippen LogP contribution in [-0.2, 0) is 9.53 Å². The SMILES string of the molecule is CC(C)(C)C(=O)N1CCC(C2COCCN2C(C)(C)C)C1. The average Bonchev–Trinajstić information content (AvgIpc) is 2.85. The molecule has 0 N–H and O–H groups in total. The summed E-state index contributed by atoms with van der Waals surface area (Å²) >= 11 is 0. The van der Waals surface area contributed by atoms with Crippen molar-refractivity contribution in [3.63, 3.8) is 0 Å². The number of ether oxygens (including phenoxy) is 1. The number of carbonyl (C=O) groups excluding carboxylic acids is 1. The van der Waals surface area contributed by atoms with Gasteiger partial charge in [0.25, 0.3) is 0 Å². The lowest BCUT2D eigenvalue weighted by Gasteiger charge is -2.46. The third-order valence-corrected chi connectivity index (χ3v) is 4.72. The lowest BCUT2D eigenvalue weighted by Crippen LogP contribution is -2.57. The van der Waals surface area contributed by atoms with Crippen LogP contribution < -0.4 is 0 Å². The van der Waals surface area contributed by atoms with Gasteiger partial charge in [0, 0.05) is 36.6 Å². The molecule has 2 fully saturated rings. The largest absolute Gasteiger partial charge is 0.378 e. The van der Waals surface area contributed by atoms with E-state index in [1.54, 1.807) is 0 Å². The quantitative estimate of drug-likeness (QED) is 0.745. The van der Waals surface area contributed by atoms with Crippen LogP contribution in [0.3, 0.4) is 0 Å². The molecule has 2 saturated heterocycles. The molecule has 2 rings (SSSR count). The van der Waals surface area contributed by atoms with Crippen LogP contribution in [0.5, 0.6) is 0 Å². The summed E-state index contributed by atoms with van der Waals surface area (Å²) in [7, 11) is 0. The van der Waals surface area contributed by atoms with Gasteiger partial charge in [-0.1, -0.05) is 20.8 Å². The number of hydrogen-bond donors (Lipinski definition) is 0. The van der Waals surface area contributed by atoms with Gasteiger partial charge < -0.3 is 9.64 Å². The summed E-state index contributed by atoms with van der Waals surface area (Å²) in [6.45, 7) is 17.3. The number of morpholine rings is 1. The fourth-order valence-electron chi connectivity index (χ4n) is 3.61. The predicted octanol–water partition coefficient (Wildman–Crippen LogP) is 2.38. The highest BCUT2D eigenvalue weighted by molar-refractivity contribution is 5.81. The Hall–Kier alpha value is -0.610. The molecule has 21 heavy (non-hydrogen) atoms. The Bertz CT molecular complexity index is 381. The number of nitrogens with zero attached hydrogens (tertiary/aromatic N) is 2. The first-order valence-electron chi connectivity index (χ1n) is 8.24. The Morgan fingerprint density at radius 3 is 2.33 bits per heavy atom.